The number of hydrogen-bond acceptors (Lipinski definition) is 6. The van der Waals surface area contributed by atoms with Gasteiger partial charge in [0.05, 0.1) is 25.2 Å². The molecule has 210 valence electrons. The molecule has 37 heavy (non-hydrogen) atoms. The van der Waals surface area contributed by atoms with Crippen molar-refractivity contribution in [3.63, 3.8) is 0 Å². The fourth-order valence-electron chi connectivity index (χ4n) is 4.77. The topological polar surface area (TPSA) is 82.4 Å². The van der Waals surface area contributed by atoms with Gasteiger partial charge in [0.1, 0.15) is 25.6 Å². The molecule has 2 unspecified atom stereocenters. The quantitative estimate of drug-likeness (QED) is 0.205. The normalized spacial score (nSPS) is 18.6. The molecule has 1 fully saturated rings. The second kappa shape index (κ2) is 14.2. The van der Waals surface area contributed by atoms with E-state index < -0.39 is 10.0 Å². The summed E-state index contributed by atoms with van der Waals surface area (Å²) in [7, 11) is 5.48. The number of rotatable bonds is 14. The highest BCUT2D eigenvalue weighted by molar-refractivity contribution is 7.89. The van der Waals surface area contributed by atoms with Crippen molar-refractivity contribution in [1.29, 1.82) is 0 Å². The van der Waals surface area contributed by atoms with E-state index in [4.69, 9.17) is 9.47 Å². The number of benzene rings is 1. The maximum atomic E-state index is 13.1. The Morgan fingerprint density at radius 3 is 2.38 bits per heavy atom. The first-order chi connectivity index (χ1) is 17.4. The van der Waals surface area contributed by atoms with E-state index in [1.54, 1.807) is 38.0 Å². The van der Waals surface area contributed by atoms with E-state index in [0.29, 0.717) is 22.8 Å². The number of ether oxygens (including phenoxy) is 2. The highest BCUT2D eigenvalue weighted by atomic mass is 32.2. The highest BCUT2D eigenvalue weighted by Crippen LogP contribution is 2.28. The predicted molar refractivity (Wildman–Crippen MR) is 147 cm³/mol. The van der Waals surface area contributed by atoms with Crippen LogP contribution in [0.3, 0.4) is 0 Å². The van der Waals surface area contributed by atoms with Crippen LogP contribution in [-0.2, 0) is 19.6 Å². The van der Waals surface area contributed by atoms with Gasteiger partial charge in [0.2, 0.25) is 15.9 Å². The third-order valence-electron chi connectivity index (χ3n) is 7.34. The van der Waals surface area contributed by atoms with Gasteiger partial charge in [-0.3, -0.25) is 4.79 Å². The van der Waals surface area contributed by atoms with E-state index in [0.717, 1.165) is 38.9 Å². The summed E-state index contributed by atoms with van der Waals surface area (Å²) in [5.74, 6) is 1.03. The molecule has 0 heterocycles. The van der Waals surface area contributed by atoms with E-state index in [2.05, 4.69) is 36.7 Å². The Bertz CT molecular complexity index is 1020. The number of sulfonamides is 1. The van der Waals surface area contributed by atoms with Crippen molar-refractivity contribution in [2.75, 3.05) is 74.7 Å². The number of carbonyl (C=O) groups is 1. The van der Waals surface area contributed by atoms with Gasteiger partial charge < -0.3 is 19.3 Å². The zero-order chi connectivity index (χ0) is 27.8. The van der Waals surface area contributed by atoms with Gasteiger partial charge in [-0.25, -0.2) is 13.0 Å². The average molecular weight is 540 g/mol. The number of nitrogens with zero attached hydrogens (tertiary/aromatic N) is 4. The van der Waals surface area contributed by atoms with E-state index in [1.165, 1.54) is 11.4 Å². The summed E-state index contributed by atoms with van der Waals surface area (Å²) in [4.78, 5) is 17.1. The van der Waals surface area contributed by atoms with Crippen LogP contribution in [-0.4, -0.2) is 120 Å². The fraction of sp³-hybridized carbons (Fsp3) is 0.704. The Hall–Kier alpha value is -2.01. The van der Waals surface area contributed by atoms with Crippen molar-refractivity contribution in [2.45, 2.75) is 51.0 Å². The largest absolute Gasteiger partial charge is 0.497 e. The second-order valence-corrected chi connectivity index (χ2v) is 12.2. The van der Waals surface area contributed by atoms with Crippen LogP contribution < -0.4 is 4.74 Å². The molecule has 0 aliphatic heterocycles. The van der Waals surface area contributed by atoms with E-state index in [-0.39, 0.29) is 36.6 Å². The first-order valence-corrected chi connectivity index (χ1v) is 14.5. The minimum atomic E-state index is -3.69. The SMILES string of the molecule is CCN(C)CC[N+](C)=CC1CCC(N(C)C(=O)COCCN(C)S(=O)(=O)c2c(C)cc(OC)cc2C)C1. The number of aryl methyl sites for hydroxylation is 2. The van der Waals surface area contributed by atoms with Gasteiger partial charge in [-0.2, -0.15) is 4.31 Å². The smallest absolute Gasteiger partial charge is 0.248 e. The van der Waals surface area contributed by atoms with Gasteiger partial charge >= 0.3 is 0 Å². The van der Waals surface area contributed by atoms with Gasteiger partial charge in [-0.05, 0) is 70.0 Å². The molecule has 1 aromatic carbocycles. The molecule has 0 N–H and O–H groups in total. The lowest BCUT2D eigenvalue weighted by Crippen LogP contribution is -2.38. The van der Waals surface area contributed by atoms with Crippen LogP contribution in [0.2, 0.25) is 0 Å². The Morgan fingerprint density at radius 2 is 1.78 bits per heavy atom. The zero-order valence-electron chi connectivity index (χ0n) is 24.0. The van der Waals surface area contributed by atoms with Crippen molar-refractivity contribution in [1.82, 2.24) is 14.1 Å². The molecule has 0 spiro atoms. The number of hydrogen-bond donors (Lipinski definition) is 0. The lowest BCUT2D eigenvalue weighted by atomic mass is 10.1. The summed E-state index contributed by atoms with van der Waals surface area (Å²) in [6.45, 7) is 8.99. The fourth-order valence-corrected chi connectivity index (χ4v) is 6.33. The lowest BCUT2D eigenvalue weighted by molar-refractivity contribution is -0.494. The van der Waals surface area contributed by atoms with Crippen LogP contribution in [0, 0.1) is 19.8 Å². The molecule has 0 aromatic heterocycles. The van der Waals surface area contributed by atoms with E-state index >= 15 is 0 Å². The predicted octanol–water partition coefficient (Wildman–Crippen LogP) is 2.24. The Balaban J connectivity index is 1.81. The van der Waals surface area contributed by atoms with Crippen molar-refractivity contribution in [3.05, 3.63) is 23.3 Å². The zero-order valence-corrected chi connectivity index (χ0v) is 24.8. The first-order valence-electron chi connectivity index (χ1n) is 13.1. The third-order valence-corrected chi connectivity index (χ3v) is 9.50. The van der Waals surface area contributed by atoms with Crippen molar-refractivity contribution in [3.8, 4) is 5.75 Å². The van der Waals surface area contributed by atoms with Crippen molar-refractivity contribution in [2.24, 2.45) is 5.92 Å². The molecular formula is C27H47N4O5S+. The Labute approximate surface area is 224 Å². The molecule has 0 radical (unpaired) electrons. The summed E-state index contributed by atoms with van der Waals surface area (Å²) in [6.07, 6.45) is 5.32. The van der Waals surface area contributed by atoms with E-state index in [9.17, 15) is 13.2 Å². The van der Waals surface area contributed by atoms with Gasteiger partial charge in [0.25, 0.3) is 0 Å². The number of methoxy groups -OCH3 is 1. The van der Waals surface area contributed by atoms with Crippen molar-refractivity contribution < 1.29 is 27.3 Å². The van der Waals surface area contributed by atoms with Gasteiger partial charge in [0, 0.05) is 32.6 Å². The molecule has 1 aliphatic rings. The summed E-state index contributed by atoms with van der Waals surface area (Å²) in [5, 5.41) is 0. The van der Waals surface area contributed by atoms with Crippen LogP contribution in [0.4, 0.5) is 0 Å². The molecule has 1 aromatic rings. The molecular weight excluding hydrogens is 492 g/mol. The van der Waals surface area contributed by atoms with Crippen LogP contribution in [0.15, 0.2) is 17.0 Å². The number of carbonyl (C=O) groups excluding carboxylic acids is 1. The maximum absolute atomic E-state index is 13.1. The van der Waals surface area contributed by atoms with Crippen LogP contribution in [0.5, 0.6) is 5.75 Å². The lowest BCUT2D eigenvalue weighted by Gasteiger charge is -2.25. The monoisotopic (exact) mass is 539 g/mol. The van der Waals surface area contributed by atoms with Crippen LogP contribution in [0.25, 0.3) is 0 Å². The van der Waals surface area contributed by atoms with Crippen LogP contribution >= 0.6 is 0 Å². The molecule has 2 atom stereocenters. The van der Waals surface area contributed by atoms with Crippen LogP contribution in [0.1, 0.15) is 37.3 Å². The molecule has 1 amide bonds. The van der Waals surface area contributed by atoms with Gasteiger partial charge in [-0.1, -0.05) is 6.92 Å². The Morgan fingerprint density at radius 1 is 1.14 bits per heavy atom. The summed E-state index contributed by atoms with van der Waals surface area (Å²) < 4.78 is 40.6. The van der Waals surface area contributed by atoms with Gasteiger partial charge in [-0.15, -0.1) is 0 Å². The van der Waals surface area contributed by atoms with Crippen molar-refractivity contribution >= 4 is 22.1 Å². The summed E-state index contributed by atoms with van der Waals surface area (Å²) >= 11 is 0. The first kappa shape index (κ1) is 31.2. The number of amides is 1. The minimum absolute atomic E-state index is 0.0564. The summed E-state index contributed by atoms with van der Waals surface area (Å²) in [5.41, 5.74) is 1.26. The molecule has 10 heteroatoms. The molecule has 1 saturated carbocycles. The second-order valence-electron chi connectivity index (χ2n) is 10.2. The molecule has 2 rings (SSSR count). The van der Waals surface area contributed by atoms with Gasteiger partial charge in [0.15, 0.2) is 6.54 Å². The summed E-state index contributed by atoms with van der Waals surface area (Å²) in [6, 6.07) is 3.63. The standard InChI is InChI=1S/C27H47N4O5S/c1-9-28(4)12-13-29(5)19-23-10-11-24(18-23)31(7)26(32)20-36-15-14-30(6)37(33,34)27-21(2)16-25(35-8)17-22(27)3/h16-17,19,23-24H,9-15,18,20H2,1-8H3/q+1. The maximum Gasteiger partial charge on any atom is 0.248 e. The molecule has 0 saturated heterocycles. The molecule has 0 bridgehead atoms. The Kier molecular flexibility index (Phi) is 12.0. The molecule has 9 nitrogen and oxygen atoms in total. The molecule has 1 aliphatic carbocycles. The van der Waals surface area contributed by atoms with E-state index in [1.807, 2.05) is 7.05 Å². The number of likely N-dealkylation sites (N-methyl/N-ethyl adjacent to an activating group) is 4. The average Bonchev–Trinajstić information content (AvgIpc) is 3.31. The highest BCUT2D eigenvalue weighted by Gasteiger charge is 2.31. The minimum Gasteiger partial charge on any atom is -0.497 e. The third kappa shape index (κ3) is 8.77.